The Morgan fingerprint density at radius 2 is 1.48 bits per heavy atom. The lowest BCUT2D eigenvalue weighted by molar-refractivity contribution is -0.179. The Labute approximate surface area is 286 Å². The van der Waals surface area contributed by atoms with Crippen molar-refractivity contribution >= 4 is 31.2 Å². The van der Waals surface area contributed by atoms with Crippen molar-refractivity contribution < 1.29 is 56.6 Å². The first-order valence-corrected chi connectivity index (χ1v) is 20.7. The Morgan fingerprint density at radius 3 is 2.00 bits per heavy atom. The van der Waals surface area contributed by atoms with Gasteiger partial charge in [-0.3, -0.25) is 13.7 Å². The van der Waals surface area contributed by atoms with E-state index in [2.05, 4.69) is 65.3 Å². The van der Waals surface area contributed by atoms with E-state index in [1.165, 1.54) is 0 Å². The zero-order valence-corrected chi connectivity index (χ0v) is 31.6. The van der Waals surface area contributed by atoms with E-state index in [0.717, 1.165) is 36.8 Å². The number of aliphatic hydroxyl groups is 1. The van der Waals surface area contributed by atoms with Gasteiger partial charge in [0, 0.05) is 5.92 Å². The molecule has 0 unspecified atom stereocenters. The van der Waals surface area contributed by atoms with Crippen molar-refractivity contribution in [2.45, 2.75) is 125 Å². The normalized spacial score (nSPS) is 40.2. The van der Waals surface area contributed by atoms with Crippen molar-refractivity contribution in [2.24, 2.45) is 51.2 Å². The first kappa shape index (κ1) is 39.8. The minimum absolute atomic E-state index is 0.000662. The quantitative estimate of drug-likeness (QED) is 0.147. The highest BCUT2D eigenvalue weighted by Gasteiger charge is 2.68. The van der Waals surface area contributed by atoms with Gasteiger partial charge in [-0.1, -0.05) is 78.7 Å². The molecule has 3 saturated carbocycles. The van der Waals surface area contributed by atoms with Crippen molar-refractivity contribution in [3.8, 4) is 0 Å². The van der Waals surface area contributed by atoms with Crippen LogP contribution in [0.15, 0.2) is 23.8 Å². The average molecular weight is 743 g/mol. The highest BCUT2D eigenvalue weighted by Crippen LogP contribution is 2.72. The number of allylic oxidation sites excluding steroid dienone is 3. The first-order valence-electron chi connectivity index (χ1n) is 16.6. The molecule has 4 rings (SSSR count). The molecular weight excluding hydrogens is 689 g/mol. The van der Waals surface area contributed by atoms with Crippen molar-refractivity contribution in [3.05, 3.63) is 23.8 Å². The third-order valence-electron chi connectivity index (χ3n) is 13.7. The van der Waals surface area contributed by atoms with Crippen LogP contribution in [0, 0.1) is 51.2 Å². The van der Waals surface area contributed by atoms with E-state index < -0.39 is 72.4 Å². The maximum atomic E-state index is 12.2. The van der Waals surface area contributed by atoms with Crippen LogP contribution in [0.4, 0.5) is 0 Å². The van der Waals surface area contributed by atoms with Crippen LogP contribution in [0.25, 0.3) is 0 Å². The lowest BCUT2D eigenvalue weighted by Crippen LogP contribution is -2.65. The molecule has 0 aromatic heterocycles. The summed E-state index contributed by atoms with van der Waals surface area (Å²) in [5.41, 5.74) is 0.0453. The van der Waals surface area contributed by atoms with Crippen molar-refractivity contribution in [1.29, 1.82) is 0 Å². The molecule has 16 heteroatoms. The molecular formula is C32H54O13S3. The molecule has 0 aromatic rings. The summed E-state index contributed by atoms with van der Waals surface area (Å²) in [4.78, 5) is 0. The molecule has 0 saturated heterocycles. The Morgan fingerprint density at radius 1 is 0.938 bits per heavy atom. The summed E-state index contributed by atoms with van der Waals surface area (Å²) in [6.45, 7) is 21.4. The SMILES string of the molecule is C=C(C)C(C)(C)[C@@H](C)CC[C@@H](C)[C@H]1CC[C@@]2(C)[C@@H]3C[C@H](OS(=O)(=O)O)[C@H]4[C@@H](O)[C@H](OS(=O)(=O)O)[C@@H](OS(=O)(=O)O)C[C@]4(C)C3=CC[C@]12C. The summed E-state index contributed by atoms with van der Waals surface area (Å²) in [7, 11) is -15.6. The molecule has 4 aliphatic carbocycles. The number of fused-ring (bicyclic) bond motifs is 5. The third kappa shape index (κ3) is 7.35. The molecule has 0 bridgehead atoms. The second-order valence-electron chi connectivity index (χ2n) is 16.3. The molecule has 278 valence electrons. The zero-order chi connectivity index (χ0) is 36.6. The molecule has 4 N–H and O–H groups in total. The van der Waals surface area contributed by atoms with Gasteiger partial charge in [0.25, 0.3) is 0 Å². The van der Waals surface area contributed by atoms with E-state index in [0.29, 0.717) is 24.2 Å². The standard InChI is InChI=1S/C32H54O13S3/c1-18(2)29(5,6)20(4)11-10-19(3)21-12-14-32(9)23-16-24(43-46(34,35)36)26-27(33)28(45-48(40,41)42)25(44-47(37,38)39)17-30(26,7)22(23)13-15-31(21,32)8/h13,19-21,23-28,33H,1,10-12,14-17H2,2-9H3,(H,34,35,36)(H,37,38,39)(H,40,41,42)/t19-,20+,21-,23-,24+,25+,26+,27-,28-,30-,31-,32+/m1/s1. The fraction of sp³-hybridized carbons (Fsp3) is 0.875. The van der Waals surface area contributed by atoms with Gasteiger partial charge in [0.1, 0.15) is 12.2 Å². The van der Waals surface area contributed by atoms with Crippen LogP contribution in [0.3, 0.4) is 0 Å². The molecule has 0 amide bonds. The van der Waals surface area contributed by atoms with Gasteiger partial charge in [-0.05, 0) is 90.8 Å². The average Bonchev–Trinajstić information content (AvgIpc) is 3.18. The Hall–Kier alpha value is -0.950. The molecule has 0 aromatic carbocycles. The summed E-state index contributed by atoms with van der Waals surface area (Å²) in [6, 6.07) is 0. The van der Waals surface area contributed by atoms with Crippen LogP contribution in [-0.2, 0) is 43.7 Å². The lowest BCUT2D eigenvalue weighted by Gasteiger charge is -2.63. The molecule has 0 aliphatic heterocycles. The number of aliphatic hydroxyl groups excluding tert-OH is 1. The highest BCUT2D eigenvalue weighted by atomic mass is 32.3. The molecule has 0 spiro atoms. The van der Waals surface area contributed by atoms with E-state index in [1.807, 2.05) is 0 Å². The monoisotopic (exact) mass is 742 g/mol. The van der Waals surface area contributed by atoms with Gasteiger partial charge in [-0.15, -0.1) is 0 Å². The van der Waals surface area contributed by atoms with Crippen molar-refractivity contribution in [2.75, 3.05) is 0 Å². The number of rotatable bonds is 12. The van der Waals surface area contributed by atoms with E-state index in [1.54, 1.807) is 6.92 Å². The molecule has 12 atom stereocenters. The number of hydrogen-bond donors (Lipinski definition) is 4. The molecule has 48 heavy (non-hydrogen) atoms. The van der Waals surface area contributed by atoms with Crippen LogP contribution in [-0.4, -0.2) is 68.4 Å². The highest BCUT2D eigenvalue weighted by molar-refractivity contribution is 7.81. The predicted octanol–water partition coefficient (Wildman–Crippen LogP) is 5.36. The zero-order valence-electron chi connectivity index (χ0n) is 29.1. The summed E-state index contributed by atoms with van der Waals surface area (Å²) >= 11 is 0. The Balaban J connectivity index is 1.76. The molecule has 0 radical (unpaired) electrons. The summed E-state index contributed by atoms with van der Waals surface area (Å²) in [5, 5.41) is 11.6. The second-order valence-corrected chi connectivity index (χ2v) is 19.5. The molecule has 4 aliphatic rings. The molecule has 13 nitrogen and oxygen atoms in total. The van der Waals surface area contributed by atoms with Gasteiger partial charge in [0.2, 0.25) is 0 Å². The van der Waals surface area contributed by atoms with Crippen molar-refractivity contribution in [1.82, 2.24) is 0 Å². The van der Waals surface area contributed by atoms with Gasteiger partial charge in [0.05, 0.1) is 12.2 Å². The van der Waals surface area contributed by atoms with Gasteiger partial charge in [-0.25, -0.2) is 12.5 Å². The lowest BCUT2D eigenvalue weighted by atomic mass is 9.43. The fourth-order valence-corrected chi connectivity index (χ4v) is 11.7. The summed E-state index contributed by atoms with van der Waals surface area (Å²) < 4.78 is 115. The second kappa shape index (κ2) is 12.9. The largest absolute Gasteiger partial charge is 0.397 e. The predicted molar refractivity (Wildman–Crippen MR) is 177 cm³/mol. The fourth-order valence-electron chi connectivity index (χ4n) is 10.2. The van der Waals surface area contributed by atoms with Crippen LogP contribution >= 0.6 is 0 Å². The molecule has 0 heterocycles. The van der Waals surface area contributed by atoms with Crippen molar-refractivity contribution in [3.63, 3.8) is 0 Å². The van der Waals surface area contributed by atoms with Gasteiger partial charge in [-0.2, -0.15) is 25.3 Å². The van der Waals surface area contributed by atoms with Crippen LogP contribution in [0.1, 0.15) is 100 Å². The Bertz CT molecular complexity index is 1620. The first-order chi connectivity index (χ1) is 21.6. The minimum Gasteiger partial charge on any atom is -0.390 e. The van der Waals surface area contributed by atoms with Crippen LogP contribution in [0.5, 0.6) is 0 Å². The summed E-state index contributed by atoms with van der Waals surface area (Å²) in [5.74, 6) is -0.465. The van der Waals surface area contributed by atoms with Crippen LogP contribution in [0.2, 0.25) is 0 Å². The Kier molecular flexibility index (Phi) is 10.7. The maximum Gasteiger partial charge on any atom is 0.397 e. The minimum atomic E-state index is -5.29. The van der Waals surface area contributed by atoms with E-state index >= 15 is 0 Å². The summed E-state index contributed by atoms with van der Waals surface area (Å²) in [6.07, 6.45) is -1.06. The molecule has 3 fully saturated rings. The third-order valence-corrected chi connectivity index (χ3v) is 15.2. The smallest absolute Gasteiger partial charge is 0.390 e. The van der Waals surface area contributed by atoms with Gasteiger partial charge < -0.3 is 5.11 Å². The van der Waals surface area contributed by atoms with Gasteiger partial charge >= 0.3 is 31.2 Å². The van der Waals surface area contributed by atoms with E-state index in [9.17, 15) is 44.0 Å². The topological polar surface area (TPSA) is 211 Å². The van der Waals surface area contributed by atoms with E-state index in [4.69, 9.17) is 8.37 Å². The number of hydrogen-bond acceptors (Lipinski definition) is 10. The van der Waals surface area contributed by atoms with Gasteiger partial charge in [0.15, 0.2) is 0 Å². The van der Waals surface area contributed by atoms with E-state index in [-0.39, 0.29) is 29.6 Å². The maximum absolute atomic E-state index is 12.2. The van der Waals surface area contributed by atoms with Crippen LogP contribution < -0.4 is 0 Å².